The van der Waals surface area contributed by atoms with Crippen LogP contribution in [-0.2, 0) is 7.05 Å². The molecule has 3 aromatic rings. The third-order valence-corrected chi connectivity index (χ3v) is 4.60. The number of aromatic nitrogens is 2. The molecular formula is C20H21N5O2S. The van der Waals surface area contributed by atoms with E-state index in [2.05, 4.69) is 15.8 Å². The summed E-state index contributed by atoms with van der Waals surface area (Å²) in [5.74, 6) is 0.191. The van der Waals surface area contributed by atoms with Crippen molar-refractivity contribution < 1.29 is 5.11 Å². The van der Waals surface area contributed by atoms with Crippen LogP contribution >= 0.6 is 12.2 Å². The molecule has 2 aromatic carbocycles. The molecule has 3 rings (SSSR count). The monoisotopic (exact) mass is 395 g/mol. The Morgan fingerprint density at radius 3 is 2.39 bits per heavy atom. The number of nitrogens with zero attached hydrogens (tertiary/aromatic N) is 3. The minimum absolute atomic E-state index is 0.191. The van der Waals surface area contributed by atoms with E-state index in [9.17, 15) is 9.90 Å². The van der Waals surface area contributed by atoms with Crippen LogP contribution in [0.4, 0.5) is 5.69 Å². The number of nitrogens with one attached hydrogen (secondary N) is 2. The first-order valence-electron chi connectivity index (χ1n) is 8.63. The van der Waals surface area contributed by atoms with Crippen molar-refractivity contribution >= 4 is 28.7 Å². The molecule has 0 fully saturated rings. The minimum atomic E-state index is -0.199. The van der Waals surface area contributed by atoms with Crippen LogP contribution in [0.1, 0.15) is 18.2 Å². The zero-order chi connectivity index (χ0) is 20.3. The van der Waals surface area contributed by atoms with Gasteiger partial charge in [0.1, 0.15) is 11.4 Å². The molecule has 3 N–H and O–H groups in total. The predicted octanol–water partition coefficient (Wildman–Crippen LogP) is 2.90. The lowest BCUT2D eigenvalue weighted by molar-refractivity contribution is 0.475. The number of phenolic OH excluding ortho intramolecular Hbond substituents is 1. The molecule has 0 unspecified atom stereocenters. The molecule has 0 atom stereocenters. The summed E-state index contributed by atoms with van der Waals surface area (Å²) >= 11 is 5.29. The van der Waals surface area contributed by atoms with Gasteiger partial charge in [0.2, 0.25) is 0 Å². The van der Waals surface area contributed by atoms with E-state index in [1.807, 2.05) is 51.2 Å². The molecule has 0 spiro atoms. The summed E-state index contributed by atoms with van der Waals surface area (Å²) < 4.78 is 3.35. The maximum absolute atomic E-state index is 12.9. The van der Waals surface area contributed by atoms with Gasteiger partial charge in [0.15, 0.2) is 5.11 Å². The van der Waals surface area contributed by atoms with Crippen LogP contribution < -0.4 is 16.3 Å². The summed E-state index contributed by atoms with van der Waals surface area (Å²) in [7, 11) is 1.82. The van der Waals surface area contributed by atoms with Crippen molar-refractivity contribution in [2.45, 2.75) is 13.8 Å². The molecule has 0 saturated carbocycles. The number of hydrogen-bond donors (Lipinski definition) is 3. The Hall–Kier alpha value is -3.39. The maximum atomic E-state index is 12.9. The van der Waals surface area contributed by atoms with Gasteiger partial charge in [-0.3, -0.25) is 14.9 Å². The average Bonchev–Trinajstić information content (AvgIpc) is 2.90. The number of hydrogen-bond acceptors (Lipinski definition) is 4. The molecule has 1 aromatic heterocycles. The van der Waals surface area contributed by atoms with Crippen LogP contribution in [0, 0.1) is 6.92 Å². The van der Waals surface area contributed by atoms with Gasteiger partial charge in [-0.1, -0.05) is 18.2 Å². The molecule has 8 heteroatoms. The van der Waals surface area contributed by atoms with Crippen LogP contribution in [0.5, 0.6) is 5.75 Å². The summed E-state index contributed by atoms with van der Waals surface area (Å²) in [5, 5.41) is 16.7. The lowest BCUT2D eigenvalue weighted by Gasteiger charge is -2.07. The molecule has 0 radical (unpaired) electrons. The van der Waals surface area contributed by atoms with Crippen molar-refractivity contribution in [1.29, 1.82) is 0 Å². The third-order valence-electron chi connectivity index (χ3n) is 4.40. The number of para-hydroxylation sites is 1. The second kappa shape index (κ2) is 8.10. The highest BCUT2D eigenvalue weighted by Crippen LogP contribution is 2.14. The van der Waals surface area contributed by atoms with Crippen LogP contribution in [0.3, 0.4) is 0 Å². The summed E-state index contributed by atoms with van der Waals surface area (Å²) in [4.78, 5) is 12.9. The highest BCUT2D eigenvalue weighted by atomic mass is 32.1. The molecule has 0 aliphatic rings. The van der Waals surface area contributed by atoms with Crippen LogP contribution in [0.25, 0.3) is 5.69 Å². The first-order valence-corrected chi connectivity index (χ1v) is 9.04. The zero-order valence-corrected chi connectivity index (χ0v) is 16.6. The molecule has 0 bridgehead atoms. The lowest BCUT2D eigenvalue weighted by atomic mass is 10.1. The molecule has 144 valence electrons. The number of phenols is 1. The Kier molecular flexibility index (Phi) is 5.60. The summed E-state index contributed by atoms with van der Waals surface area (Å²) in [5.41, 5.74) is 6.00. The van der Waals surface area contributed by atoms with Crippen molar-refractivity contribution in [3.8, 4) is 11.4 Å². The average molecular weight is 395 g/mol. The van der Waals surface area contributed by atoms with Crippen molar-refractivity contribution in [1.82, 2.24) is 14.8 Å². The molecule has 0 aliphatic carbocycles. The molecule has 7 nitrogen and oxygen atoms in total. The second-order valence-electron chi connectivity index (χ2n) is 6.25. The highest BCUT2D eigenvalue weighted by molar-refractivity contribution is 7.80. The fraction of sp³-hybridized carbons (Fsp3) is 0.150. The van der Waals surface area contributed by atoms with E-state index >= 15 is 0 Å². The predicted molar refractivity (Wildman–Crippen MR) is 115 cm³/mol. The van der Waals surface area contributed by atoms with Crippen LogP contribution in [-0.4, -0.2) is 25.3 Å². The number of benzene rings is 2. The summed E-state index contributed by atoms with van der Waals surface area (Å²) in [6.07, 6.45) is 0. The Morgan fingerprint density at radius 2 is 1.75 bits per heavy atom. The van der Waals surface area contributed by atoms with Crippen molar-refractivity contribution in [2.75, 3.05) is 5.32 Å². The van der Waals surface area contributed by atoms with E-state index in [1.165, 1.54) is 0 Å². The Balaban J connectivity index is 1.78. The van der Waals surface area contributed by atoms with Crippen LogP contribution in [0.15, 0.2) is 64.5 Å². The Morgan fingerprint density at radius 1 is 1.11 bits per heavy atom. The van der Waals surface area contributed by atoms with E-state index < -0.39 is 0 Å². The normalized spacial score (nSPS) is 11.3. The van der Waals surface area contributed by atoms with Gasteiger partial charge in [0.05, 0.1) is 17.1 Å². The van der Waals surface area contributed by atoms with Gasteiger partial charge < -0.3 is 10.4 Å². The fourth-order valence-corrected chi connectivity index (χ4v) is 2.90. The summed E-state index contributed by atoms with van der Waals surface area (Å²) in [6.45, 7) is 3.66. The highest BCUT2D eigenvalue weighted by Gasteiger charge is 2.16. The van der Waals surface area contributed by atoms with E-state index in [0.29, 0.717) is 11.4 Å². The zero-order valence-electron chi connectivity index (χ0n) is 15.8. The van der Waals surface area contributed by atoms with Gasteiger partial charge in [0.25, 0.3) is 5.56 Å². The van der Waals surface area contributed by atoms with Gasteiger partial charge in [0, 0.05) is 7.05 Å². The summed E-state index contributed by atoms with van der Waals surface area (Å²) in [6, 6.07) is 16.1. The van der Waals surface area contributed by atoms with E-state index in [1.54, 1.807) is 33.6 Å². The fourth-order valence-electron chi connectivity index (χ4n) is 2.76. The number of aromatic hydroxyl groups is 1. The van der Waals surface area contributed by atoms with Gasteiger partial charge in [-0.15, -0.1) is 0 Å². The smallest absolute Gasteiger partial charge is 0.295 e. The van der Waals surface area contributed by atoms with Gasteiger partial charge in [-0.25, -0.2) is 4.68 Å². The van der Waals surface area contributed by atoms with E-state index in [0.717, 1.165) is 16.9 Å². The molecule has 1 heterocycles. The molecule has 28 heavy (non-hydrogen) atoms. The molecule has 0 amide bonds. The maximum Gasteiger partial charge on any atom is 0.295 e. The standard InChI is InChI=1S/C20H21N5O2S/c1-13(15-9-11-17(26)12-10-15)22-23-20(28)21-18-14(2)24(3)25(19(18)27)16-7-5-4-6-8-16/h4-12,26H,1-3H3,(H2,21,23,28)/b22-13+. The third kappa shape index (κ3) is 3.96. The van der Waals surface area contributed by atoms with E-state index in [-0.39, 0.29) is 16.4 Å². The SMILES string of the molecule is C/C(=N\NC(=S)Nc1c(C)n(C)n(-c2ccccc2)c1=O)c1ccc(O)cc1. The van der Waals surface area contributed by atoms with Crippen molar-refractivity contribution in [2.24, 2.45) is 12.1 Å². The van der Waals surface area contributed by atoms with Crippen molar-refractivity contribution in [3.63, 3.8) is 0 Å². The molecular weight excluding hydrogens is 374 g/mol. The number of hydrazone groups is 1. The Bertz CT molecular complexity index is 1080. The number of anilines is 1. The topological polar surface area (TPSA) is 83.6 Å². The van der Waals surface area contributed by atoms with Gasteiger partial charge in [-0.05, 0) is 68.0 Å². The molecule has 0 aliphatic heterocycles. The quantitative estimate of drug-likeness (QED) is 0.359. The first kappa shape index (κ1) is 19.4. The van der Waals surface area contributed by atoms with Crippen molar-refractivity contribution in [3.05, 3.63) is 76.2 Å². The minimum Gasteiger partial charge on any atom is -0.508 e. The first-order chi connectivity index (χ1) is 13.4. The molecule has 0 saturated heterocycles. The number of thiocarbonyl (C=S) groups is 1. The van der Waals surface area contributed by atoms with E-state index in [4.69, 9.17) is 12.2 Å². The Labute approximate surface area is 167 Å². The van der Waals surface area contributed by atoms with Gasteiger partial charge >= 0.3 is 0 Å². The largest absolute Gasteiger partial charge is 0.508 e. The second-order valence-corrected chi connectivity index (χ2v) is 6.65. The van der Waals surface area contributed by atoms with Gasteiger partial charge in [-0.2, -0.15) is 5.10 Å². The van der Waals surface area contributed by atoms with Crippen LogP contribution in [0.2, 0.25) is 0 Å². The number of rotatable bonds is 4. The lowest BCUT2D eigenvalue weighted by Crippen LogP contribution is -2.28.